The highest BCUT2D eigenvalue weighted by atomic mass is 16.5. The van der Waals surface area contributed by atoms with Gasteiger partial charge in [0.2, 0.25) is 11.8 Å². The zero-order valence-corrected chi connectivity index (χ0v) is 65.9. The molecule has 0 radical (unpaired) electrons. The van der Waals surface area contributed by atoms with E-state index in [0.29, 0.717) is 89.1 Å². The van der Waals surface area contributed by atoms with Crippen LogP contribution in [0.15, 0.2) is 138 Å². The van der Waals surface area contributed by atoms with Crippen LogP contribution in [-0.4, -0.2) is 173 Å². The van der Waals surface area contributed by atoms with Crippen LogP contribution in [-0.2, 0) is 64.1 Å². The molecule has 25 heteroatoms. The zero-order valence-electron chi connectivity index (χ0n) is 65.9. The maximum atomic E-state index is 14.1. The second-order valence-corrected chi connectivity index (χ2v) is 31.5. The molecular formula is C89H98N12O13. The van der Waals surface area contributed by atoms with E-state index in [4.69, 9.17) is 53.1 Å². The van der Waals surface area contributed by atoms with Gasteiger partial charge in [-0.15, -0.1) is 0 Å². The fraction of sp³-hybridized carbons (Fsp3) is 0.416. The van der Waals surface area contributed by atoms with Crippen molar-refractivity contribution < 1.29 is 61.9 Å². The summed E-state index contributed by atoms with van der Waals surface area (Å²) in [6, 6.07) is 36.0. The standard InChI is InChI=1S/C49H53N7O8.C40H45N5O5/c1-6-63-32-21-41(56(25-32)46(57)43(27(2)3)53-48(59)61-4)38-22-35-34-23-42-36(20-29(34)15-17-37(35)51-38)33-16-14-30(19-31(33)26-64-42)39-24-50-45(52-39)40-13-10-18-55(40)47(58)44(54-49(60)62-5)28-11-8-7-9-12-28;1-5-49-27-16-35(45(20-27)39(46)37(22(2)3)44-40(47)48-4)33-17-30-29-18-36-31(15-24(29)11-13-32(30)42-33)28-12-10-25(14-26(28)21-50-36)34-19-41-38(43-34)23-8-6-7-9-23/h7-9,11-12,14-17,19-20,23-24,27,32,40-41,43-44H,6,10,13,18,21-22,25-26H2,1-5H3,(H,50,52)(H,53,59)(H,54,60);10-15,18-19,22-23,27,35,37H,5-9,16-17,20-21H2,1-4H3,(H,41,43)(H,44,47)/t32-,40-,41-,43-,44+;27-,35-,37-/m00/s1. The smallest absolute Gasteiger partial charge is 0.407 e. The van der Waals surface area contributed by atoms with Gasteiger partial charge in [-0.1, -0.05) is 107 Å². The summed E-state index contributed by atoms with van der Waals surface area (Å²) < 4.78 is 39.5. The molecule has 17 rings (SSSR count). The van der Waals surface area contributed by atoms with Crippen molar-refractivity contribution in [3.05, 3.63) is 167 Å². The Morgan fingerprint density at radius 2 is 1.00 bits per heavy atom. The van der Waals surface area contributed by atoms with Crippen LogP contribution >= 0.6 is 0 Å². The third-order valence-corrected chi connectivity index (χ3v) is 23.9. The van der Waals surface area contributed by atoms with Gasteiger partial charge >= 0.3 is 18.3 Å². The molecule has 5 N–H and O–H groups in total. The highest BCUT2D eigenvalue weighted by Gasteiger charge is 2.46. The van der Waals surface area contributed by atoms with E-state index < -0.39 is 36.4 Å². The Labute approximate surface area is 662 Å². The molecular weight excluding hydrogens is 1450 g/mol. The average molecular weight is 1540 g/mol. The van der Waals surface area contributed by atoms with E-state index in [1.54, 1.807) is 11.1 Å². The Kier molecular flexibility index (Phi) is 21.9. The number of fused-ring (bicyclic) bond motifs is 12. The van der Waals surface area contributed by atoms with Crippen molar-refractivity contribution in [2.24, 2.45) is 21.8 Å². The zero-order chi connectivity index (χ0) is 79.2. The molecule has 592 valence electrons. The van der Waals surface area contributed by atoms with Gasteiger partial charge in [-0.3, -0.25) is 24.4 Å². The highest BCUT2D eigenvalue weighted by Crippen LogP contribution is 2.48. The quantitative estimate of drug-likeness (QED) is 0.0470. The number of amides is 6. The Bertz CT molecular complexity index is 5280. The second kappa shape index (κ2) is 32.6. The summed E-state index contributed by atoms with van der Waals surface area (Å²) in [6.07, 6.45) is 10.6. The number of hydrogen-bond acceptors (Lipinski definition) is 17. The number of hydrogen-bond donors (Lipinski definition) is 5. The topological polar surface area (TPSA) is 295 Å². The van der Waals surface area contributed by atoms with Crippen molar-refractivity contribution in [1.29, 1.82) is 0 Å². The molecule has 0 spiro atoms. The summed E-state index contributed by atoms with van der Waals surface area (Å²) >= 11 is 0. The second-order valence-electron chi connectivity index (χ2n) is 31.5. The molecule has 8 atom stereocenters. The molecule has 7 aliphatic heterocycles. The highest BCUT2D eigenvalue weighted by molar-refractivity contribution is 6.09. The van der Waals surface area contributed by atoms with Crippen molar-refractivity contribution in [2.75, 3.05) is 54.2 Å². The van der Waals surface area contributed by atoms with Crippen LogP contribution in [0.4, 0.5) is 25.8 Å². The van der Waals surface area contributed by atoms with Crippen LogP contribution in [0.25, 0.3) is 66.3 Å². The molecule has 3 saturated heterocycles. The third kappa shape index (κ3) is 15.0. The van der Waals surface area contributed by atoms with Crippen LogP contribution < -0.4 is 25.4 Å². The summed E-state index contributed by atoms with van der Waals surface area (Å²) in [6.45, 7) is 14.9. The number of benzene rings is 7. The third-order valence-electron chi connectivity index (χ3n) is 23.9. The summed E-state index contributed by atoms with van der Waals surface area (Å²) in [4.78, 5) is 111. The van der Waals surface area contributed by atoms with Gasteiger partial charge in [-0.05, 0) is 172 Å². The summed E-state index contributed by atoms with van der Waals surface area (Å²) in [5.41, 5.74) is 17.1. The molecule has 9 heterocycles. The molecule has 0 unspecified atom stereocenters. The molecule has 7 aromatic carbocycles. The van der Waals surface area contributed by atoms with E-state index >= 15 is 0 Å². The van der Waals surface area contributed by atoms with E-state index in [-0.39, 0.29) is 59.9 Å². The van der Waals surface area contributed by atoms with Crippen LogP contribution in [0.3, 0.4) is 0 Å². The summed E-state index contributed by atoms with van der Waals surface area (Å²) in [5.74, 6) is 3.19. The van der Waals surface area contributed by atoms with Gasteiger partial charge in [0.25, 0.3) is 5.91 Å². The number of aromatic nitrogens is 4. The first-order chi connectivity index (χ1) is 55.3. The summed E-state index contributed by atoms with van der Waals surface area (Å²) in [5, 5.41) is 12.6. The molecule has 25 nitrogen and oxygen atoms in total. The van der Waals surface area contributed by atoms with Gasteiger partial charge in [-0.2, -0.15) is 0 Å². The first-order valence-corrected chi connectivity index (χ1v) is 40.1. The lowest BCUT2D eigenvalue weighted by Gasteiger charge is -2.30. The molecule has 2 aromatic heterocycles. The van der Waals surface area contributed by atoms with E-state index in [2.05, 4.69) is 105 Å². The van der Waals surface area contributed by atoms with E-state index in [1.807, 2.05) is 93.9 Å². The number of likely N-dealkylation sites (tertiary alicyclic amines) is 3. The largest absolute Gasteiger partial charge is 0.488 e. The molecule has 4 fully saturated rings. The monoisotopic (exact) mass is 1540 g/mol. The minimum Gasteiger partial charge on any atom is -0.488 e. The van der Waals surface area contributed by atoms with Gasteiger partial charge in [-0.25, -0.2) is 24.4 Å². The van der Waals surface area contributed by atoms with Crippen LogP contribution in [0.2, 0.25) is 0 Å². The predicted molar refractivity (Wildman–Crippen MR) is 433 cm³/mol. The van der Waals surface area contributed by atoms with Crippen molar-refractivity contribution in [1.82, 2.24) is 50.6 Å². The maximum Gasteiger partial charge on any atom is 0.407 e. The van der Waals surface area contributed by atoms with Gasteiger partial charge in [0.05, 0.1) is 86.8 Å². The van der Waals surface area contributed by atoms with Crippen LogP contribution in [0.1, 0.15) is 150 Å². The molecule has 1 aliphatic carbocycles. The number of nitrogens with one attached hydrogen (secondary N) is 5. The fourth-order valence-electron chi connectivity index (χ4n) is 18.1. The summed E-state index contributed by atoms with van der Waals surface area (Å²) in [7, 11) is 3.88. The molecule has 0 bridgehead atoms. The number of carbonyl (C=O) groups excluding carboxylic acids is 6. The minimum atomic E-state index is -0.896. The van der Waals surface area contributed by atoms with Crippen LogP contribution in [0, 0.1) is 11.8 Å². The van der Waals surface area contributed by atoms with Crippen LogP contribution in [0.5, 0.6) is 11.5 Å². The number of aliphatic imine (C=N–C) groups is 2. The Morgan fingerprint density at radius 3 is 1.48 bits per heavy atom. The number of ether oxygens (including phenoxy) is 7. The Balaban J connectivity index is 0.000000177. The number of aromatic amines is 2. The predicted octanol–water partition coefficient (Wildman–Crippen LogP) is 15.0. The average Bonchev–Trinajstić information content (AvgIpc) is 1.32. The Hall–Kier alpha value is -11.4. The molecule has 1 saturated carbocycles. The Morgan fingerprint density at radius 1 is 0.518 bits per heavy atom. The number of alkyl carbamates (subject to hydrolysis) is 3. The number of methoxy groups -OCH3 is 3. The SMILES string of the molecule is CCO[C@H]1C[C@@H](C2=Nc3ccc4cc5c(cc4c3C2)OCc2cc(-c3cnc(C4CCCC4)[nH]3)ccc2-5)N(C(=O)[C@@H](NC(=O)OC)C(C)C)C1.CCO[C@H]1C[C@@H](C2=Nc3ccc4cc5c(cc4c3C2)OCc2cc(-c3cnc([C@@H]4CCCN4C(=O)[C@H](NC(=O)OC)c4ccccc4)[nH]3)ccc2-5)N(C(=O)[C@@H](NC(=O)OC)C(C)C)C1. The lowest BCUT2D eigenvalue weighted by Crippen LogP contribution is -2.54. The molecule has 114 heavy (non-hydrogen) atoms. The number of nitrogens with zero attached hydrogens (tertiary/aromatic N) is 7. The lowest BCUT2D eigenvalue weighted by molar-refractivity contribution is -0.135. The number of carbonyl (C=O) groups is 6. The molecule has 9 aromatic rings. The van der Waals surface area contributed by atoms with E-state index in [0.717, 1.165) is 136 Å². The normalized spacial score (nSPS) is 19.9. The minimum absolute atomic E-state index is 0.105. The molecule has 6 amide bonds. The van der Waals surface area contributed by atoms with Gasteiger partial charge < -0.3 is 73.8 Å². The number of imidazole rings is 2. The maximum absolute atomic E-state index is 14.1. The van der Waals surface area contributed by atoms with Gasteiger partial charge in [0.1, 0.15) is 54.5 Å². The number of rotatable bonds is 19. The van der Waals surface area contributed by atoms with Crippen molar-refractivity contribution in [2.45, 2.75) is 173 Å². The first kappa shape index (κ1) is 76.5. The van der Waals surface area contributed by atoms with Crippen molar-refractivity contribution in [3.63, 3.8) is 0 Å². The fourth-order valence-corrected chi connectivity index (χ4v) is 18.1. The van der Waals surface area contributed by atoms with E-state index in [9.17, 15) is 28.8 Å². The van der Waals surface area contributed by atoms with E-state index in [1.165, 1.54) is 52.6 Å². The number of H-pyrrole nitrogens is 2. The van der Waals surface area contributed by atoms with Gasteiger partial charge in [0, 0.05) is 87.0 Å². The van der Waals surface area contributed by atoms with Crippen molar-refractivity contribution >= 4 is 80.3 Å². The van der Waals surface area contributed by atoms with Gasteiger partial charge in [0.15, 0.2) is 0 Å². The lowest BCUT2D eigenvalue weighted by atomic mass is 9.90. The molecule has 8 aliphatic rings. The van der Waals surface area contributed by atoms with Crippen molar-refractivity contribution in [3.8, 4) is 56.3 Å². The first-order valence-electron chi connectivity index (χ1n) is 40.1.